The summed E-state index contributed by atoms with van der Waals surface area (Å²) < 4.78 is 0. The second kappa shape index (κ2) is 5.43. The largest absolute Gasteiger partial charge is 0.396 e. The van der Waals surface area contributed by atoms with Crippen molar-refractivity contribution in [1.29, 1.82) is 0 Å². The Morgan fingerprint density at radius 2 is 2.18 bits per heavy atom. The van der Waals surface area contributed by atoms with Crippen molar-refractivity contribution in [3.05, 3.63) is 0 Å². The highest BCUT2D eigenvalue weighted by atomic mass is 32.2. The van der Waals surface area contributed by atoms with Crippen molar-refractivity contribution in [1.82, 2.24) is 4.90 Å². The number of nitrogens with zero attached hydrogens (tertiary/aromatic N) is 1. The van der Waals surface area contributed by atoms with E-state index in [1.807, 2.05) is 6.92 Å². The molecule has 0 aromatic carbocycles. The third kappa shape index (κ3) is 4.27. The molecule has 0 radical (unpaired) electrons. The zero-order valence-electron chi connectivity index (χ0n) is 7.20. The molecule has 3 nitrogen and oxygen atoms in total. The quantitative estimate of drug-likeness (QED) is 0.666. The Labute approximate surface area is 71.8 Å². The van der Waals surface area contributed by atoms with Gasteiger partial charge in [-0.2, -0.15) is 0 Å². The highest BCUT2D eigenvalue weighted by Crippen LogP contribution is 2.10. The summed E-state index contributed by atoms with van der Waals surface area (Å²) in [5.74, 6) is 0.726. The average molecular weight is 177 g/mol. The van der Waals surface area contributed by atoms with E-state index in [0.717, 1.165) is 0 Å². The van der Waals surface area contributed by atoms with Gasteiger partial charge < -0.3 is 10.0 Å². The molecule has 0 aliphatic heterocycles. The Bertz CT molecular complexity index is 128. The van der Waals surface area contributed by atoms with Crippen LogP contribution in [0.3, 0.4) is 0 Å². The lowest BCUT2D eigenvalue weighted by molar-refractivity contribution is -0.127. The van der Waals surface area contributed by atoms with Crippen molar-refractivity contribution >= 4 is 17.7 Å². The third-order valence-electron chi connectivity index (χ3n) is 1.25. The van der Waals surface area contributed by atoms with Crippen LogP contribution in [-0.2, 0) is 4.79 Å². The second-order valence-electron chi connectivity index (χ2n) is 2.47. The highest BCUT2D eigenvalue weighted by Gasteiger charge is 2.13. The Morgan fingerprint density at radius 3 is 2.55 bits per heavy atom. The van der Waals surface area contributed by atoms with Crippen molar-refractivity contribution in [3.63, 3.8) is 0 Å². The van der Waals surface area contributed by atoms with Gasteiger partial charge in [-0.3, -0.25) is 4.79 Å². The Hall–Kier alpha value is -0.220. The lowest BCUT2D eigenvalue weighted by Gasteiger charge is -2.15. The molecule has 11 heavy (non-hydrogen) atoms. The van der Waals surface area contributed by atoms with E-state index in [1.54, 1.807) is 19.0 Å². The molecular weight excluding hydrogens is 162 g/mol. The molecule has 0 rings (SSSR count). The summed E-state index contributed by atoms with van der Waals surface area (Å²) in [7, 11) is 3.47. The minimum atomic E-state index is -0.0443. The molecule has 1 atom stereocenters. The van der Waals surface area contributed by atoms with Crippen LogP contribution in [0, 0.1) is 0 Å². The van der Waals surface area contributed by atoms with Crippen LogP contribution in [0.2, 0.25) is 0 Å². The molecule has 1 N–H and O–H groups in total. The van der Waals surface area contributed by atoms with Gasteiger partial charge in [0.1, 0.15) is 0 Å². The Balaban J connectivity index is 3.64. The molecule has 0 aromatic rings. The van der Waals surface area contributed by atoms with E-state index in [9.17, 15) is 4.79 Å². The predicted octanol–water partition coefficient (Wildman–Crippen LogP) is 0.189. The van der Waals surface area contributed by atoms with Crippen molar-refractivity contribution < 1.29 is 9.90 Å². The fourth-order valence-corrected chi connectivity index (χ4v) is 1.48. The summed E-state index contributed by atoms with van der Waals surface area (Å²) in [5, 5.41) is 8.45. The number of hydrogen-bond donors (Lipinski definition) is 1. The van der Waals surface area contributed by atoms with E-state index < -0.39 is 0 Å². The average Bonchev–Trinajstić information content (AvgIpc) is 1.98. The van der Waals surface area contributed by atoms with Gasteiger partial charge in [0, 0.05) is 19.8 Å². The second-order valence-corrected chi connectivity index (χ2v) is 3.92. The van der Waals surface area contributed by atoms with Crippen LogP contribution in [0.25, 0.3) is 0 Å². The highest BCUT2D eigenvalue weighted by molar-refractivity contribution is 8.00. The monoisotopic (exact) mass is 177 g/mol. The maximum atomic E-state index is 11.2. The van der Waals surface area contributed by atoms with E-state index in [1.165, 1.54) is 11.8 Å². The van der Waals surface area contributed by atoms with Gasteiger partial charge in [0.15, 0.2) is 0 Å². The molecule has 0 spiro atoms. The van der Waals surface area contributed by atoms with E-state index in [2.05, 4.69) is 0 Å². The van der Waals surface area contributed by atoms with Crippen molar-refractivity contribution in [2.45, 2.75) is 12.2 Å². The van der Waals surface area contributed by atoms with Gasteiger partial charge in [0.05, 0.1) is 11.9 Å². The smallest absolute Gasteiger partial charge is 0.234 e. The molecule has 0 heterocycles. The molecular formula is C7H15NO2S. The summed E-state index contributed by atoms with van der Waals surface area (Å²) in [6.07, 6.45) is 0. The van der Waals surface area contributed by atoms with Crippen LogP contribution in [0.15, 0.2) is 0 Å². The number of carbonyl (C=O) groups excluding carboxylic acids is 1. The molecule has 1 amide bonds. The molecule has 0 aliphatic carbocycles. The molecule has 0 aliphatic rings. The first kappa shape index (κ1) is 10.8. The summed E-state index contributed by atoms with van der Waals surface area (Å²) >= 11 is 1.47. The third-order valence-corrected chi connectivity index (χ3v) is 2.37. The van der Waals surface area contributed by atoms with E-state index in [-0.39, 0.29) is 17.8 Å². The summed E-state index contributed by atoms with van der Waals surface area (Å²) in [6.45, 7) is 1.98. The molecule has 66 valence electrons. The van der Waals surface area contributed by atoms with Crippen LogP contribution in [0.5, 0.6) is 0 Å². The number of aliphatic hydroxyl groups excluding tert-OH is 1. The van der Waals surface area contributed by atoms with Crippen LogP contribution in [-0.4, -0.2) is 47.6 Å². The van der Waals surface area contributed by atoms with Gasteiger partial charge in [-0.1, -0.05) is 0 Å². The summed E-state index contributed by atoms with van der Waals surface area (Å²) in [6, 6.07) is 0. The van der Waals surface area contributed by atoms with Gasteiger partial charge in [-0.25, -0.2) is 0 Å². The van der Waals surface area contributed by atoms with Gasteiger partial charge in [-0.15, -0.1) is 11.8 Å². The number of carbonyl (C=O) groups is 1. The maximum Gasteiger partial charge on any atom is 0.234 e. The lowest BCUT2D eigenvalue weighted by Crippen LogP contribution is -2.30. The van der Waals surface area contributed by atoms with E-state index in [0.29, 0.717) is 5.75 Å². The van der Waals surface area contributed by atoms with Gasteiger partial charge >= 0.3 is 0 Å². The molecule has 1 unspecified atom stereocenters. The molecule has 0 fully saturated rings. The number of amides is 1. The fourth-order valence-electron chi connectivity index (χ4n) is 0.664. The molecule has 0 bridgehead atoms. The fraction of sp³-hybridized carbons (Fsp3) is 0.857. The van der Waals surface area contributed by atoms with Crippen LogP contribution < -0.4 is 0 Å². The van der Waals surface area contributed by atoms with Crippen LogP contribution in [0.4, 0.5) is 0 Å². The van der Waals surface area contributed by atoms with Crippen molar-refractivity contribution in [3.8, 4) is 0 Å². The zero-order chi connectivity index (χ0) is 8.85. The lowest BCUT2D eigenvalue weighted by atomic mass is 10.4. The number of rotatable bonds is 4. The molecule has 0 saturated carbocycles. The molecule has 0 aromatic heterocycles. The van der Waals surface area contributed by atoms with Crippen LogP contribution in [0.1, 0.15) is 6.92 Å². The van der Waals surface area contributed by atoms with Gasteiger partial charge in [0.2, 0.25) is 5.91 Å². The maximum absolute atomic E-state index is 11.2. The first-order valence-electron chi connectivity index (χ1n) is 3.53. The van der Waals surface area contributed by atoms with E-state index >= 15 is 0 Å². The Kier molecular flexibility index (Phi) is 5.32. The molecule has 4 heteroatoms. The summed E-state index contributed by atoms with van der Waals surface area (Å²) in [4.78, 5) is 12.7. The first-order valence-corrected chi connectivity index (χ1v) is 4.58. The molecule has 0 saturated heterocycles. The van der Waals surface area contributed by atoms with Gasteiger partial charge in [0.25, 0.3) is 0 Å². The first-order chi connectivity index (χ1) is 5.09. The van der Waals surface area contributed by atoms with Crippen molar-refractivity contribution in [2.75, 3.05) is 26.5 Å². The topological polar surface area (TPSA) is 40.5 Å². The summed E-state index contributed by atoms with van der Waals surface area (Å²) in [5.41, 5.74) is 0. The predicted molar refractivity (Wildman–Crippen MR) is 47.7 cm³/mol. The van der Waals surface area contributed by atoms with Gasteiger partial charge in [-0.05, 0) is 6.92 Å². The normalized spacial score (nSPS) is 12.7. The number of aliphatic hydroxyl groups is 1. The standard InChI is InChI=1S/C7H15NO2S/c1-6(11-5-4-9)7(10)8(2)3/h6,9H,4-5H2,1-3H3. The van der Waals surface area contributed by atoms with E-state index in [4.69, 9.17) is 5.11 Å². The zero-order valence-corrected chi connectivity index (χ0v) is 8.02. The number of thioether (sulfide) groups is 1. The minimum absolute atomic E-state index is 0.0443. The Morgan fingerprint density at radius 1 is 1.64 bits per heavy atom. The van der Waals surface area contributed by atoms with Crippen LogP contribution >= 0.6 is 11.8 Å². The number of hydrogen-bond acceptors (Lipinski definition) is 3. The van der Waals surface area contributed by atoms with Crippen molar-refractivity contribution in [2.24, 2.45) is 0 Å². The SMILES string of the molecule is CC(SCCO)C(=O)N(C)C. The minimum Gasteiger partial charge on any atom is -0.396 e.